The van der Waals surface area contributed by atoms with Gasteiger partial charge in [0.1, 0.15) is 0 Å². The summed E-state index contributed by atoms with van der Waals surface area (Å²) >= 11 is 0. The fourth-order valence-electron chi connectivity index (χ4n) is 1.82. The van der Waals surface area contributed by atoms with Gasteiger partial charge in [-0.2, -0.15) is 0 Å². The van der Waals surface area contributed by atoms with E-state index < -0.39 is 10.9 Å². The van der Waals surface area contributed by atoms with Crippen LogP contribution in [0.15, 0.2) is 18.3 Å². The van der Waals surface area contributed by atoms with Gasteiger partial charge in [-0.15, -0.1) is 0 Å². The number of hydrogen-bond acceptors (Lipinski definition) is 5. The topological polar surface area (TPSA) is 105 Å². The average Bonchev–Trinajstić information content (AvgIpc) is 3.12. The van der Waals surface area contributed by atoms with Gasteiger partial charge in [0.15, 0.2) is 6.20 Å². The molecule has 1 fully saturated rings. The van der Waals surface area contributed by atoms with Crippen molar-refractivity contribution < 1.29 is 14.8 Å². The molecule has 1 unspecified atom stereocenters. The summed E-state index contributed by atoms with van der Waals surface area (Å²) in [7, 11) is 0. The van der Waals surface area contributed by atoms with Gasteiger partial charge in [0, 0.05) is 12.1 Å². The zero-order chi connectivity index (χ0) is 13.1. The van der Waals surface area contributed by atoms with E-state index in [9.17, 15) is 14.9 Å². The van der Waals surface area contributed by atoms with Crippen LogP contribution >= 0.6 is 0 Å². The number of nitrogens with one attached hydrogen (secondary N) is 1. The number of aromatic nitrogens is 1. The van der Waals surface area contributed by atoms with Gasteiger partial charge in [-0.25, -0.2) is 0 Å². The first-order valence-corrected chi connectivity index (χ1v) is 5.65. The van der Waals surface area contributed by atoms with Crippen molar-refractivity contribution in [1.82, 2.24) is 4.98 Å². The van der Waals surface area contributed by atoms with E-state index in [2.05, 4.69) is 10.3 Å². The average molecular weight is 251 g/mol. The number of aliphatic carboxylic acids is 1. The van der Waals surface area contributed by atoms with Crippen LogP contribution in [0.1, 0.15) is 19.3 Å². The highest BCUT2D eigenvalue weighted by atomic mass is 16.6. The first-order valence-electron chi connectivity index (χ1n) is 5.65. The second-order valence-electron chi connectivity index (χ2n) is 4.35. The summed E-state index contributed by atoms with van der Waals surface area (Å²) in [6.07, 6.45) is 3.44. The van der Waals surface area contributed by atoms with Crippen LogP contribution < -0.4 is 5.32 Å². The molecular formula is C11H13N3O4. The SMILES string of the molecule is O=C(O)CC(Nc1ccc([N+](=O)[O-])nc1)C1CC1. The Labute approximate surface area is 103 Å². The van der Waals surface area contributed by atoms with Crippen molar-refractivity contribution in [2.24, 2.45) is 5.92 Å². The monoisotopic (exact) mass is 251 g/mol. The molecule has 0 radical (unpaired) electrons. The molecule has 18 heavy (non-hydrogen) atoms. The molecule has 1 saturated carbocycles. The molecule has 1 aliphatic rings. The molecule has 2 N–H and O–H groups in total. The van der Waals surface area contributed by atoms with Gasteiger partial charge in [0.2, 0.25) is 0 Å². The molecule has 0 amide bonds. The van der Waals surface area contributed by atoms with E-state index in [-0.39, 0.29) is 18.3 Å². The summed E-state index contributed by atoms with van der Waals surface area (Å²) in [4.78, 5) is 24.3. The van der Waals surface area contributed by atoms with Crippen LogP contribution in [0.4, 0.5) is 11.5 Å². The third-order valence-electron chi connectivity index (χ3n) is 2.87. The highest BCUT2D eigenvalue weighted by Crippen LogP contribution is 2.35. The van der Waals surface area contributed by atoms with E-state index in [1.807, 2.05) is 0 Å². The molecule has 1 aromatic heterocycles. The predicted octanol–water partition coefficient (Wildman–Crippen LogP) is 1.66. The van der Waals surface area contributed by atoms with Crippen molar-refractivity contribution in [3.8, 4) is 0 Å². The second kappa shape index (κ2) is 4.99. The zero-order valence-corrected chi connectivity index (χ0v) is 9.57. The highest BCUT2D eigenvalue weighted by Gasteiger charge is 2.32. The molecule has 0 aliphatic heterocycles. The van der Waals surface area contributed by atoms with Crippen LogP contribution in [-0.4, -0.2) is 27.0 Å². The van der Waals surface area contributed by atoms with Crippen molar-refractivity contribution in [2.75, 3.05) is 5.32 Å². The molecule has 7 nitrogen and oxygen atoms in total. The minimum atomic E-state index is -0.853. The maximum Gasteiger partial charge on any atom is 0.363 e. The van der Waals surface area contributed by atoms with Crippen LogP contribution in [-0.2, 0) is 4.79 Å². The lowest BCUT2D eigenvalue weighted by Crippen LogP contribution is -2.25. The molecular weight excluding hydrogens is 238 g/mol. The molecule has 0 bridgehead atoms. The van der Waals surface area contributed by atoms with Gasteiger partial charge < -0.3 is 20.5 Å². The summed E-state index contributed by atoms with van der Waals surface area (Å²) in [5, 5.41) is 22.3. The lowest BCUT2D eigenvalue weighted by molar-refractivity contribution is -0.389. The lowest BCUT2D eigenvalue weighted by Gasteiger charge is -2.16. The summed E-state index contributed by atoms with van der Waals surface area (Å²) < 4.78 is 0. The Kier molecular flexibility index (Phi) is 3.40. The van der Waals surface area contributed by atoms with Crippen LogP contribution in [0.3, 0.4) is 0 Å². The van der Waals surface area contributed by atoms with Crippen molar-refractivity contribution in [3.05, 3.63) is 28.4 Å². The standard InChI is InChI=1S/C11H13N3O4/c15-11(16)5-9(7-1-2-7)13-8-3-4-10(12-6-8)14(17)18/h3-4,6-7,9,13H,1-2,5H2,(H,15,16). The molecule has 0 aromatic carbocycles. The van der Waals surface area contributed by atoms with Gasteiger partial charge in [-0.1, -0.05) is 0 Å². The Morgan fingerprint density at radius 2 is 2.33 bits per heavy atom. The molecule has 2 rings (SSSR count). The molecule has 0 saturated heterocycles. The van der Waals surface area contributed by atoms with Crippen molar-refractivity contribution in [1.29, 1.82) is 0 Å². The van der Waals surface area contributed by atoms with Crippen LogP contribution in [0.2, 0.25) is 0 Å². The van der Waals surface area contributed by atoms with E-state index in [1.165, 1.54) is 12.3 Å². The lowest BCUT2D eigenvalue weighted by atomic mass is 10.1. The predicted molar refractivity (Wildman–Crippen MR) is 63.3 cm³/mol. The molecule has 7 heteroatoms. The minimum Gasteiger partial charge on any atom is -0.481 e. The van der Waals surface area contributed by atoms with Gasteiger partial charge in [0.25, 0.3) is 0 Å². The number of carboxylic acids is 1. The summed E-state index contributed by atoms with van der Waals surface area (Å²) in [5.74, 6) is -0.702. The normalized spacial score (nSPS) is 16.0. The minimum absolute atomic E-state index is 0.0433. The highest BCUT2D eigenvalue weighted by molar-refractivity contribution is 5.68. The quantitative estimate of drug-likeness (QED) is 0.588. The molecule has 96 valence electrons. The number of carbonyl (C=O) groups is 1. The van der Waals surface area contributed by atoms with E-state index >= 15 is 0 Å². The number of pyridine rings is 1. The Hall–Kier alpha value is -2.18. The van der Waals surface area contributed by atoms with Crippen molar-refractivity contribution >= 4 is 17.5 Å². The largest absolute Gasteiger partial charge is 0.481 e. The van der Waals surface area contributed by atoms with Gasteiger partial charge >= 0.3 is 11.8 Å². The number of nitro groups is 1. The Morgan fingerprint density at radius 1 is 1.61 bits per heavy atom. The fourth-order valence-corrected chi connectivity index (χ4v) is 1.82. The molecule has 1 aliphatic carbocycles. The smallest absolute Gasteiger partial charge is 0.363 e. The third kappa shape index (κ3) is 3.16. The maximum absolute atomic E-state index is 10.7. The maximum atomic E-state index is 10.7. The molecule has 0 spiro atoms. The number of nitrogens with zero attached hydrogens (tertiary/aromatic N) is 2. The van der Waals surface area contributed by atoms with E-state index in [4.69, 9.17) is 5.11 Å². The van der Waals surface area contributed by atoms with E-state index in [0.717, 1.165) is 12.8 Å². The number of anilines is 1. The Morgan fingerprint density at radius 3 is 2.78 bits per heavy atom. The molecule has 1 heterocycles. The summed E-state index contributed by atoms with van der Waals surface area (Å²) in [6.45, 7) is 0. The van der Waals surface area contributed by atoms with Crippen molar-refractivity contribution in [3.63, 3.8) is 0 Å². The second-order valence-corrected chi connectivity index (χ2v) is 4.35. The number of hydrogen-bond donors (Lipinski definition) is 2. The van der Waals surface area contributed by atoms with E-state index in [1.54, 1.807) is 6.07 Å². The summed E-state index contributed by atoms with van der Waals surface area (Å²) in [6, 6.07) is 2.71. The van der Waals surface area contributed by atoms with Gasteiger partial charge in [0.05, 0.1) is 12.1 Å². The molecule has 1 aromatic rings. The van der Waals surface area contributed by atoms with Crippen LogP contribution in [0.25, 0.3) is 0 Å². The van der Waals surface area contributed by atoms with Gasteiger partial charge in [-0.3, -0.25) is 4.79 Å². The summed E-state index contributed by atoms with van der Waals surface area (Å²) in [5.41, 5.74) is 0.610. The van der Waals surface area contributed by atoms with Crippen LogP contribution in [0, 0.1) is 16.0 Å². The van der Waals surface area contributed by atoms with Gasteiger partial charge in [-0.05, 0) is 34.7 Å². The third-order valence-corrected chi connectivity index (χ3v) is 2.87. The van der Waals surface area contributed by atoms with Crippen molar-refractivity contribution in [2.45, 2.75) is 25.3 Å². The molecule has 1 atom stereocenters. The van der Waals surface area contributed by atoms with Crippen LogP contribution in [0.5, 0.6) is 0 Å². The number of rotatable bonds is 6. The zero-order valence-electron chi connectivity index (χ0n) is 9.57. The Balaban J connectivity index is 2.02. The van der Waals surface area contributed by atoms with E-state index in [0.29, 0.717) is 11.6 Å². The number of carboxylic acid groups (broad SMARTS) is 1. The first-order chi connectivity index (χ1) is 8.56. The Bertz CT molecular complexity index is 456. The first kappa shape index (κ1) is 12.3. The fraction of sp³-hybridized carbons (Fsp3) is 0.455.